The summed E-state index contributed by atoms with van der Waals surface area (Å²) in [7, 11) is 1.55. The number of benzene rings is 2. The Kier molecular flexibility index (Phi) is 5.08. The van der Waals surface area contributed by atoms with Gasteiger partial charge in [-0.1, -0.05) is 28.9 Å². The fourth-order valence-electron chi connectivity index (χ4n) is 2.63. The minimum absolute atomic E-state index is 0.0127. The van der Waals surface area contributed by atoms with Crippen molar-refractivity contribution >= 4 is 39.1 Å². The van der Waals surface area contributed by atoms with Gasteiger partial charge in [-0.2, -0.15) is 0 Å². The van der Waals surface area contributed by atoms with E-state index in [1.165, 1.54) is 0 Å². The van der Waals surface area contributed by atoms with E-state index in [9.17, 15) is 9.59 Å². The molecule has 2 aromatic rings. The van der Waals surface area contributed by atoms with Crippen molar-refractivity contribution in [1.82, 2.24) is 0 Å². The molecule has 0 radical (unpaired) electrons. The lowest BCUT2D eigenvalue weighted by Gasteiger charge is -2.11. The summed E-state index contributed by atoms with van der Waals surface area (Å²) >= 11 is 3.38. The van der Waals surface area contributed by atoms with Crippen LogP contribution in [0.15, 0.2) is 46.9 Å². The van der Waals surface area contributed by atoms with E-state index in [1.807, 2.05) is 6.07 Å². The van der Waals surface area contributed by atoms with Crippen LogP contribution < -0.4 is 15.4 Å². The fraction of sp³-hybridized carbons (Fsp3) is 0.263. The van der Waals surface area contributed by atoms with Crippen molar-refractivity contribution in [3.8, 4) is 5.75 Å². The van der Waals surface area contributed by atoms with Crippen LogP contribution >= 0.6 is 15.9 Å². The highest BCUT2D eigenvalue weighted by Gasteiger charge is 2.39. The predicted molar refractivity (Wildman–Crippen MR) is 101 cm³/mol. The third kappa shape index (κ3) is 4.20. The summed E-state index contributed by atoms with van der Waals surface area (Å²) in [5.74, 6) is 0.841. The van der Waals surface area contributed by atoms with Crippen LogP contribution in [-0.2, 0) is 4.79 Å². The van der Waals surface area contributed by atoms with Gasteiger partial charge in [-0.25, -0.2) is 0 Å². The van der Waals surface area contributed by atoms with Crippen LogP contribution in [-0.4, -0.2) is 18.9 Å². The zero-order valence-electron chi connectivity index (χ0n) is 14.0. The molecule has 1 aliphatic rings. The number of hydrogen-bond acceptors (Lipinski definition) is 3. The Bertz CT molecular complexity index is 822. The Morgan fingerprint density at radius 3 is 2.60 bits per heavy atom. The highest BCUT2D eigenvalue weighted by molar-refractivity contribution is 9.10. The van der Waals surface area contributed by atoms with Gasteiger partial charge in [-0.3, -0.25) is 9.59 Å². The first kappa shape index (κ1) is 17.5. The normalized spacial score (nSPS) is 18.4. The minimum Gasteiger partial charge on any atom is -0.495 e. The van der Waals surface area contributed by atoms with E-state index in [1.54, 1.807) is 43.5 Å². The van der Waals surface area contributed by atoms with Crippen LogP contribution in [0.2, 0.25) is 0 Å². The summed E-state index contributed by atoms with van der Waals surface area (Å²) in [6.45, 7) is 2.06. The van der Waals surface area contributed by atoms with Gasteiger partial charge in [0, 0.05) is 21.6 Å². The second kappa shape index (κ2) is 7.27. The molecule has 2 amide bonds. The second-order valence-electron chi connectivity index (χ2n) is 6.19. The molecule has 1 aliphatic carbocycles. The molecule has 0 bridgehead atoms. The zero-order valence-corrected chi connectivity index (χ0v) is 15.6. The number of nitrogens with one attached hydrogen (secondary N) is 2. The van der Waals surface area contributed by atoms with Crippen molar-refractivity contribution in [3.05, 3.63) is 52.5 Å². The molecule has 2 N–H and O–H groups in total. The van der Waals surface area contributed by atoms with E-state index in [0.29, 0.717) is 28.6 Å². The SMILES string of the molecule is COc1ccc(Br)cc1NC(=O)c1cccc(NC(=O)C2CC2C)c1. The standard InChI is InChI=1S/C19H19BrN2O3/c1-11-8-15(11)19(24)21-14-5-3-4-12(9-14)18(23)22-16-10-13(20)6-7-17(16)25-2/h3-7,9-11,15H,8H2,1-2H3,(H,21,24)(H,22,23). The maximum Gasteiger partial charge on any atom is 0.255 e. The van der Waals surface area contributed by atoms with Gasteiger partial charge in [-0.05, 0) is 48.7 Å². The Balaban J connectivity index is 1.73. The number of carbonyl (C=O) groups excluding carboxylic acids is 2. The number of anilines is 2. The van der Waals surface area contributed by atoms with Crippen LogP contribution in [0.3, 0.4) is 0 Å². The topological polar surface area (TPSA) is 67.4 Å². The van der Waals surface area contributed by atoms with Gasteiger partial charge in [0.25, 0.3) is 5.91 Å². The molecule has 0 heterocycles. The van der Waals surface area contributed by atoms with Gasteiger partial charge in [0.15, 0.2) is 0 Å². The molecule has 2 atom stereocenters. The van der Waals surface area contributed by atoms with E-state index < -0.39 is 0 Å². The highest BCUT2D eigenvalue weighted by atomic mass is 79.9. The lowest BCUT2D eigenvalue weighted by Crippen LogP contribution is -2.16. The maximum absolute atomic E-state index is 12.5. The molecule has 0 aromatic heterocycles. The molecule has 2 unspecified atom stereocenters. The van der Waals surface area contributed by atoms with E-state index in [0.717, 1.165) is 10.9 Å². The van der Waals surface area contributed by atoms with Crippen molar-refractivity contribution in [2.24, 2.45) is 11.8 Å². The lowest BCUT2D eigenvalue weighted by molar-refractivity contribution is -0.117. The van der Waals surface area contributed by atoms with Gasteiger partial charge in [0.2, 0.25) is 5.91 Å². The summed E-state index contributed by atoms with van der Waals surface area (Å²) in [5.41, 5.74) is 1.66. The summed E-state index contributed by atoms with van der Waals surface area (Å²) in [6, 6.07) is 12.3. The van der Waals surface area contributed by atoms with Crippen LogP contribution in [0.5, 0.6) is 5.75 Å². The summed E-state index contributed by atoms with van der Waals surface area (Å²) in [4.78, 5) is 24.6. The first-order chi connectivity index (χ1) is 12.0. The molecule has 1 fully saturated rings. The molecule has 0 spiro atoms. The number of amides is 2. The monoisotopic (exact) mass is 402 g/mol. The molecule has 6 heteroatoms. The predicted octanol–water partition coefficient (Wildman–Crippen LogP) is 4.30. The first-order valence-corrected chi connectivity index (χ1v) is 8.83. The van der Waals surface area contributed by atoms with Gasteiger partial charge >= 0.3 is 0 Å². The van der Waals surface area contributed by atoms with Gasteiger partial charge < -0.3 is 15.4 Å². The number of rotatable bonds is 5. The van der Waals surface area contributed by atoms with Crippen molar-refractivity contribution in [3.63, 3.8) is 0 Å². The van der Waals surface area contributed by atoms with Crippen LogP contribution in [0.25, 0.3) is 0 Å². The Morgan fingerprint density at radius 1 is 1.16 bits per heavy atom. The largest absolute Gasteiger partial charge is 0.495 e. The average molecular weight is 403 g/mol. The Hall–Kier alpha value is -2.34. The van der Waals surface area contributed by atoms with Gasteiger partial charge in [0.05, 0.1) is 12.8 Å². The average Bonchev–Trinajstić information content (AvgIpc) is 3.32. The molecule has 25 heavy (non-hydrogen) atoms. The van der Waals surface area contributed by atoms with Gasteiger partial charge in [0.1, 0.15) is 5.75 Å². The third-order valence-corrected chi connectivity index (χ3v) is 4.74. The number of carbonyl (C=O) groups is 2. The van der Waals surface area contributed by atoms with Gasteiger partial charge in [-0.15, -0.1) is 0 Å². The molecular weight excluding hydrogens is 384 g/mol. The molecule has 5 nitrogen and oxygen atoms in total. The van der Waals surface area contributed by atoms with Crippen LogP contribution in [0.4, 0.5) is 11.4 Å². The van der Waals surface area contributed by atoms with E-state index >= 15 is 0 Å². The van der Waals surface area contributed by atoms with E-state index in [4.69, 9.17) is 4.74 Å². The fourth-order valence-corrected chi connectivity index (χ4v) is 2.99. The Labute approximate surface area is 154 Å². The maximum atomic E-state index is 12.5. The van der Waals surface area contributed by atoms with Crippen molar-refractivity contribution < 1.29 is 14.3 Å². The second-order valence-corrected chi connectivity index (χ2v) is 7.10. The van der Waals surface area contributed by atoms with Crippen LogP contribution in [0, 0.1) is 11.8 Å². The molecule has 3 rings (SSSR count). The van der Waals surface area contributed by atoms with Crippen molar-refractivity contribution in [1.29, 1.82) is 0 Å². The van der Waals surface area contributed by atoms with E-state index in [-0.39, 0.29) is 17.7 Å². The quantitative estimate of drug-likeness (QED) is 0.782. The zero-order chi connectivity index (χ0) is 18.0. The number of halogens is 1. The number of hydrogen-bond donors (Lipinski definition) is 2. The highest BCUT2D eigenvalue weighted by Crippen LogP contribution is 2.38. The summed E-state index contributed by atoms with van der Waals surface area (Å²) < 4.78 is 6.10. The first-order valence-electron chi connectivity index (χ1n) is 8.03. The lowest BCUT2D eigenvalue weighted by atomic mass is 10.1. The third-order valence-electron chi connectivity index (χ3n) is 4.25. The minimum atomic E-state index is -0.271. The molecular formula is C19H19BrN2O3. The molecule has 1 saturated carbocycles. The van der Waals surface area contributed by atoms with E-state index in [2.05, 4.69) is 33.5 Å². The number of methoxy groups -OCH3 is 1. The molecule has 130 valence electrons. The van der Waals surface area contributed by atoms with Crippen molar-refractivity contribution in [2.75, 3.05) is 17.7 Å². The molecule has 0 aliphatic heterocycles. The molecule has 0 saturated heterocycles. The summed E-state index contributed by atoms with van der Waals surface area (Å²) in [6.07, 6.45) is 0.925. The number of ether oxygens (including phenoxy) is 1. The molecule has 2 aromatic carbocycles. The summed E-state index contributed by atoms with van der Waals surface area (Å²) in [5, 5.41) is 5.71. The smallest absolute Gasteiger partial charge is 0.255 e. The van der Waals surface area contributed by atoms with Crippen LogP contribution in [0.1, 0.15) is 23.7 Å². The van der Waals surface area contributed by atoms with Crippen molar-refractivity contribution in [2.45, 2.75) is 13.3 Å². The Morgan fingerprint density at radius 2 is 1.92 bits per heavy atom.